The van der Waals surface area contributed by atoms with Crippen molar-refractivity contribution < 1.29 is 9.53 Å². The second-order valence-corrected chi connectivity index (χ2v) is 9.85. The Morgan fingerprint density at radius 1 is 0.967 bits per heavy atom. The molecule has 2 heteroatoms. The van der Waals surface area contributed by atoms with Gasteiger partial charge in [0.25, 0.3) is 0 Å². The van der Waals surface area contributed by atoms with Gasteiger partial charge in [0.1, 0.15) is 0 Å². The molecule has 0 radical (unpaired) electrons. The number of ether oxygens (including phenoxy) is 1. The topological polar surface area (TPSA) is 26.3 Å². The number of hydrogen-bond acceptors (Lipinski definition) is 2. The summed E-state index contributed by atoms with van der Waals surface area (Å²) >= 11 is 0. The van der Waals surface area contributed by atoms with Crippen LogP contribution in [0.5, 0.6) is 0 Å². The van der Waals surface area contributed by atoms with E-state index in [1.165, 1.54) is 40.7 Å². The van der Waals surface area contributed by atoms with Gasteiger partial charge in [0, 0.05) is 0 Å². The monoisotopic (exact) mass is 404 g/mol. The van der Waals surface area contributed by atoms with Gasteiger partial charge in [0.15, 0.2) is 0 Å². The molecule has 0 fully saturated rings. The van der Waals surface area contributed by atoms with Crippen molar-refractivity contribution in [1.29, 1.82) is 0 Å². The summed E-state index contributed by atoms with van der Waals surface area (Å²) in [6.45, 7) is 16.2. The van der Waals surface area contributed by atoms with Gasteiger partial charge in [0.2, 0.25) is 0 Å². The summed E-state index contributed by atoms with van der Waals surface area (Å²) in [5, 5.41) is 0. The molecule has 1 aliphatic carbocycles. The van der Waals surface area contributed by atoms with Crippen LogP contribution >= 0.6 is 0 Å². The van der Waals surface area contributed by atoms with Crippen LogP contribution in [0.4, 0.5) is 0 Å². The summed E-state index contributed by atoms with van der Waals surface area (Å²) in [7, 11) is 0. The zero-order valence-electron chi connectivity index (χ0n) is 19.7. The Bertz CT molecular complexity index is 959. The predicted molar refractivity (Wildman–Crippen MR) is 127 cm³/mol. The number of esters is 1. The average Bonchev–Trinajstić information content (AvgIpc) is 2.71. The molecule has 0 spiro atoms. The standard InChI is InChI=1S/C28H36O2/c1-8-21-17-24-25(28(6,7)15-14-27(24,4)5)18-23(21)19(3)16-20-10-12-22(13-11-20)26(29)30-9-2/h10-13,16-18H,8-9,14-15H2,1-7H3/b19-16+. The van der Waals surface area contributed by atoms with Gasteiger partial charge in [-0.3, -0.25) is 0 Å². The first-order valence-electron chi connectivity index (χ1n) is 11.2. The van der Waals surface area contributed by atoms with E-state index < -0.39 is 0 Å². The third-order valence-electron chi connectivity index (χ3n) is 6.69. The Labute approximate surface area is 182 Å². The number of allylic oxidation sites excluding steroid dienone is 1. The van der Waals surface area contributed by atoms with Crippen LogP contribution in [-0.2, 0) is 22.0 Å². The number of rotatable bonds is 5. The highest BCUT2D eigenvalue weighted by atomic mass is 16.5. The zero-order chi connectivity index (χ0) is 22.1. The summed E-state index contributed by atoms with van der Waals surface area (Å²) in [5.41, 5.74) is 9.16. The van der Waals surface area contributed by atoms with Crippen LogP contribution < -0.4 is 0 Å². The fourth-order valence-corrected chi connectivity index (χ4v) is 4.58. The molecule has 0 amide bonds. The van der Waals surface area contributed by atoms with Crippen molar-refractivity contribution in [1.82, 2.24) is 0 Å². The summed E-state index contributed by atoms with van der Waals surface area (Å²) < 4.78 is 5.08. The fourth-order valence-electron chi connectivity index (χ4n) is 4.58. The molecule has 2 aromatic rings. The van der Waals surface area contributed by atoms with Gasteiger partial charge in [-0.2, -0.15) is 0 Å². The molecule has 2 nitrogen and oxygen atoms in total. The van der Waals surface area contributed by atoms with Crippen LogP contribution in [0.2, 0.25) is 0 Å². The maximum atomic E-state index is 11.9. The molecule has 0 bridgehead atoms. The normalized spacial score (nSPS) is 17.4. The van der Waals surface area contributed by atoms with E-state index in [9.17, 15) is 4.79 Å². The first-order chi connectivity index (χ1) is 14.1. The van der Waals surface area contributed by atoms with E-state index >= 15 is 0 Å². The minimum atomic E-state index is -0.266. The SMILES string of the molecule is CCOC(=O)c1ccc(/C=C(\C)c2cc3c(cc2CC)C(C)(C)CCC3(C)C)cc1. The Morgan fingerprint density at radius 3 is 2.07 bits per heavy atom. The first kappa shape index (κ1) is 22.3. The van der Waals surface area contributed by atoms with Gasteiger partial charge in [-0.15, -0.1) is 0 Å². The highest BCUT2D eigenvalue weighted by Gasteiger charge is 2.37. The van der Waals surface area contributed by atoms with Crippen molar-refractivity contribution in [3.8, 4) is 0 Å². The lowest BCUT2D eigenvalue weighted by atomic mass is 9.62. The van der Waals surface area contributed by atoms with Crippen molar-refractivity contribution >= 4 is 17.6 Å². The fraction of sp³-hybridized carbons (Fsp3) is 0.464. The summed E-state index contributed by atoms with van der Waals surface area (Å²) in [6.07, 6.45) is 5.69. The molecule has 1 aliphatic rings. The van der Waals surface area contributed by atoms with Crippen molar-refractivity contribution in [3.05, 3.63) is 69.8 Å². The first-order valence-corrected chi connectivity index (χ1v) is 11.2. The van der Waals surface area contributed by atoms with Gasteiger partial charge in [-0.25, -0.2) is 4.79 Å². The molecular weight excluding hydrogens is 368 g/mol. The van der Waals surface area contributed by atoms with E-state index in [1.807, 2.05) is 31.2 Å². The minimum Gasteiger partial charge on any atom is -0.462 e. The van der Waals surface area contributed by atoms with E-state index in [2.05, 4.69) is 59.8 Å². The van der Waals surface area contributed by atoms with Crippen molar-refractivity contribution in [3.63, 3.8) is 0 Å². The van der Waals surface area contributed by atoms with Crippen LogP contribution in [0.3, 0.4) is 0 Å². The zero-order valence-corrected chi connectivity index (χ0v) is 19.7. The highest BCUT2D eigenvalue weighted by molar-refractivity contribution is 5.90. The van der Waals surface area contributed by atoms with E-state index in [4.69, 9.17) is 4.74 Å². The molecule has 0 saturated carbocycles. The Balaban J connectivity index is 2.01. The predicted octanol–water partition coefficient (Wildman–Crippen LogP) is 7.34. The number of carbonyl (C=O) groups is 1. The van der Waals surface area contributed by atoms with E-state index in [0.29, 0.717) is 12.2 Å². The third kappa shape index (κ3) is 4.38. The molecular formula is C28H36O2. The van der Waals surface area contributed by atoms with Crippen LogP contribution in [0.25, 0.3) is 11.6 Å². The summed E-state index contributed by atoms with van der Waals surface area (Å²) in [6, 6.07) is 12.6. The van der Waals surface area contributed by atoms with E-state index in [1.54, 1.807) is 0 Å². The maximum Gasteiger partial charge on any atom is 0.338 e. The lowest BCUT2D eigenvalue weighted by Crippen LogP contribution is -2.34. The summed E-state index contributed by atoms with van der Waals surface area (Å²) in [4.78, 5) is 11.9. The molecule has 3 rings (SSSR count). The van der Waals surface area contributed by atoms with Crippen LogP contribution in [-0.4, -0.2) is 12.6 Å². The smallest absolute Gasteiger partial charge is 0.338 e. The molecule has 2 aromatic carbocycles. The molecule has 0 heterocycles. The lowest BCUT2D eigenvalue weighted by molar-refractivity contribution is 0.0526. The molecule has 0 saturated heterocycles. The quantitative estimate of drug-likeness (QED) is 0.385. The second kappa shape index (κ2) is 8.41. The molecule has 0 unspecified atom stereocenters. The Morgan fingerprint density at radius 2 is 1.53 bits per heavy atom. The van der Waals surface area contributed by atoms with E-state index in [0.717, 1.165) is 12.0 Å². The van der Waals surface area contributed by atoms with Crippen molar-refractivity contribution in [2.45, 2.75) is 78.6 Å². The average molecular weight is 405 g/mol. The number of hydrogen-bond donors (Lipinski definition) is 0. The van der Waals surface area contributed by atoms with Gasteiger partial charge < -0.3 is 4.74 Å². The third-order valence-corrected chi connectivity index (χ3v) is 6.69. The number of fused-ring (bicyclic) bond motifs is 1. The lowest BCUT2D eigenvalue weighted by Gasteiger charge is -2.42. The van der Waals surface area contributed by atoms with Gasteiger partial charge in [0.05, 0.1) is 12.2 Å². The van der Waals surface area contributed by atoms with Gasteiger partial charge in [-0.05, 0) is 89.5 Å². The Hall–Kier alpha value is -2.35. The van der Waals surface area contributed by atoms with Crippen LogP contribution in [0.15, 0.2) is 36.4 Å². The molecule has 0 atom stereocenters. The maximum absolute atomic E-state index is 11.9. The summed E-state index contributed by atoms with van der Waals surface area (Å²) in [5.74, 6) is -0.266. The number of aryl methyl sites for hydroxylation is 1. The van der Waals surface area contributed by atoms with E-state index in [-0.39, 0.29) is 16.8 Å². The van der Waals surface area contributed by atoms with Crippen LogP contribution in [0, 0.1) is 0 Å². The van der Waals surface area contributed by atoms with Gasteiger partial charge in [-0.1, -0.05) is 65.0 Å². The molecule has 30 heavy (non-hydrogen) atoms. The van der Waals surface area contributed by atoms with Crippen molar-refractivity contribution in [2.24, 2.45) is 0 Å². The molecule has 0 aromatic heterocycles. The molecule has 160 valence electrons. The minimum absolute atomic E-state index is 0.202. The molecule has 0 aliphatic heterocycles. The second-order valence-electron chi connectivity index (χ2n) is 9.85. The Kier molecular flexibility index (Phi) is 6.26. The molecule has 0 N–H and O–H groups in total. The number of carbonyl (C=O) groups excluding carboxylic acids is 1. The number of benzene rings is 2. The largest absolute Gasteiger partial charge is 0.462 e. The van der Waals surface area contributed by atoms with Crippen LogP contribution in [0.1, 0.15) is 99.5 Å². The van der Waals surface area contributed by atoms with Gasteiger partial charge >= 0.3 is 5.97 Å². The van der Waals surface area contributed by atoms with Crippen molar-refractivity contribution in [2.75, 3.05) is 6.61 Å². The highest BCUT2D eigenvalue weighted by Crippen LogP contribution is 2.47.